The Balaban J connectivity index is 1.71. The van der Waals surface area contributed by atoms with Gasteiger partial charge in [0.15, 0.2) is 5.96 Å². The van der Waals surface area contributed by atoms with E-state index >= 15 is 0 Å². The predicted octanol–water partition coefficient (Wildman–Crippen LogP) is 3.39. The molecule has 2 heterocycles. The first-order valence-corrected chi connectivity index (χ1v) is 11.0. The van der Waals surface area contributed by atoms with E-state index in [1.807, 2.05) is 0 Å². The SMILES string of the molecule is CCNC(=NCC(c1ccccc1)N1CCC(C)CC1)N(C)CC1CCOC1. The molecule has 5 heteroatoms. The summed E-state index contributed by atoms with van der Waals surface area (Å²) in [5, 5.41) is 3.49. The van der Waals surface area contributed by atoms with Crippen LogP contribution in [0.25, 0.3) is 0 Å². The fourth-order valence-electron chi connectivity index (χ4n) is 4.29. The summed E-state index contributed by atoms with van der Waals surface area (Å²) in [7, 11) is 2.15. The highest BCUT2D eigenvalue weighted by Gasteiger charge is 2.25. The number of aliphatic imine (C=N–C) groups is 1. The molecule has 28 heavy (non-hydrogen) atoms. The Labute approximate surface area is 171 Å². The molecule has 3 rings (SSSR count). The largest absolute Gasteiger partial charge is 0.381 e. The summed E-state index contributed by atoms with van der Waals surface area (Å²) in [4.78, 5) is 9.99. The highest BCUT2D eigenvalue weighted by molar-refractivity contribution is 5.79. The fraction of sp³-hybridized carbons (Fsp3) is 0.696. The first-order chi connectivity index (χ1) is 13.7. The summed E-state index contributed by atoms with van der Waals surface area (Å²) >= 11 is 0. The molecule has 2 fully saturated rings. The molecule has 0 radical (unpaired) electrons. The Hall–Kier alpha value is -1.59. The second-order valence-corrected chi connectivity index (χ2v) is 8.45. The lowest BCUT2D eigenvalue weighted by Gasteiger charge is -2.36. The summed E-state index contributed by atoms with van der Waals surface area (Å²) in [5.41, 5.74) is 1.38. The van der Waals surface area contributed by atoms with E-state index in [1.165, 1.54) is 31.5 Å². The van der Waals surface area contributed by atoms with Gasteiger partial charge in [0.05, 0.1) is 19.2 Å². The van der Waals surface area contributed by atoms with Crippen LogP contribution in [0.1, 0.15) is 44.7 Å². The van der Waals surface area contributed by atoms with Crippen molar-refractivity contribution in [2.24, 2.45) is 16.8 Å². The van der Waals surface area contributed by atoms with Gasteiger partial charge >= 0.3 is 0 Å². The molecule has 156 valence electrons. The van der Waals surface area contributed by atoms with E-state index in [1.54, 1.807) is 0 Å². The number of rotatable bonds is 7. The smallest absolute Gasteiger partial charge is 0.193 e. The zero-order chi connectivity index (χ0) is 19.8. The van der Waals surface area contributed by atoms with Gasteiger partial charge in [-0.25, -0.2) is 0 Å². The van der Waals surface area contributed by atoms with Crippen molar-refractivity contribution in [2.45, 2.75) is 39.2 Å². The van der Waals surface area contributed by atoms with Crippen LogP contribution in [0.3, 0.4) is 0 Å². The molecule has 0 amide bonds. The molecule has 2 aliphatic heterocycles. The minimum Gasteiger partial charge on any atom is -0.381 e. The molecular formula is C23H38N4O. The molecule has 0 saturated carbocycles. The van der Waals surface area contributed by atoms with Crippen LogP contribution >= 0.6 is 0 Å². The molecule has 1 aromatic rings. The average molecular weight is 387 g/mol. The monoisotopic (exact) mass is 386 g/mol. The molecule has 5 nitrogen and oxygen atoms in total. The Morgan fingerprint density at radius 3 is 2.64 bits per heavy atom. The van der Waals surface area contributed by atoms with E-state index in [0.717, 1.165) is 51.1 Å². The fourth-order valence-corrected chi connectivity index (χ4v) is 4.29. The molecule has 2 saturated heterocycles. The highest BCUT2D eigenvalue weighted by atomic mass is 16.5. The van der Waals surface area contributed by atoms with Crippen molar-refractivity contribution >= 4 is 5.96 Å². The zero-order valence-corrected chi connectivity index (χ0v) is 17.9. The van der Waals surface area contributed by atoms with E-state index in [4.69, 9.17) is 9.73 Å². The van der Waals surface area contributed by atoms with Crippen LogP contribution in [0, 0.1) is 11.8 Å². The van der Waals surface area contributed by atoms with Crippen molar-refractivity contribution in [2.75, 3.05) is 53.0 Å². The third-order valence-corrected chi connectivity index (χ3v) is 6.11. The van der Waals surface area contributed by atoms with Gasteiger partial charge in [-0.3, -0.25) is 9.89 Å². The van der Waals surface area contributed by atoms with Gasteiger partial charge in [-0.1, -0.05) is 37.3 Å². The summed E-state index contributed by atoms with van der Waals surface area (Å²) in [6.45, 7) is 11.3. The molecule has 2 unspecified atom stereocenters. The minimum atomic E-state index is 0.352. The number of hydrogen-bond donors (Lipinski definition) is 1. The van der Waals surface area contributed by atoms with Crippen LogP contribution in [-0.4, -0.2) is 68.7 Å². The summed E-state index contributed by atoms with van der Waals surface area (Å²) < 4.78 is 5.55. The molecule has 1 aromatic carbocycles. The Morgan fingerprint density at radius 1 is 1.25 bits per heavy atom. The van der Waals surface area contributed by atoms with Crippen LogP contribution in [-0.2, 0) is 4.74 Å². The van der Waals surface area contributed by atoms with E-state index in [-0.39, 0.29) is 0 Å². The van der Waals surface area contributed by atoms with E-state index < -0.39 is 0 Å². The van der Waals surface area contributed by atoms with Crippen LogP contribution in [0.4, 0.5) is 0 Å². The van der Waals surface area contributed by atoms with E-state index in [2.05, 4.69) is 66.3 Å². The van der Waals surface area contributed by atoms with Crippen molar-refractivity contribution in [1.29, 1.82) is 0 Å². The van der Waals surface area contributed by atoms with Crippen LogP contribution in [0.15, 0.2) is 35.3 Å². The number of hydrogen-bond acceptors (Lipinski definition) is 3. The number of ether oxygens (including phenoxy) is 1. The predicted molar refractivity (Wildman–Crippen MR) is 117 cm³/mol. The molecule has 0 aromatic heterocycles. The number of piperidine rings is 1. The van der Waals surface area contributed by atoms with Gasteiger partial charge in [-0.05, 0) is 50.8 Å². The molecule has 0 spiro atoms. The maximum atomic E-state index is 5.55. The Kier molecular flexibility index (Phi) is 8.16. The molecule has 1 N–H and O–H groups in total. The third-order valence-electron chi connectivity index (χ3n) is 6.11. The number of nitrogens with zero attached hydrogens (tertiary/aromatic N) is 3. The average Bonchev–Trinajstić information content (AvgIpc) is 3.22. The minimum absolute atomic E-state index is 0.352. The van der Waals surface area contributed by atoms with E-state index in [0.29, 0.717) is 12.0 Å². The van der Waals surface area contributed by atoms with Gasteiger partial charge in [0.25, 0.3) is 0 Å². The number of nitrogens with one attached hydrogen (secondary N) is 1. The number of likely N-dealkylation sites (tertiary alicyclic amines) is 1. The van der Waals surface area contributed by atoms with Crippen molar-refractivity contribution in [1.82, 2.24) is 15.1 Å². The van der Waals surface area contributed by atoms with Crippen molar-refractivity contribution in [3.63, 3.8) is 0 Å². The quantitative estimate of drug-likeness (QED) is 0.576. The van der Waals surface area contributed by atoms with Crippen molar-refractivity contribution in [3.8, 4) is 0 Å². The first kappa shape index (κ1) is 21.1. The summed E-state index contributed by atoms with van der Waals surface area (Å²) in [6.07, 6.45) is 3.73. The van der Waals surface area contributed by atoms with Crippen molar-refractivity contribution < 1.29 is 4.74 Å². The van der Waals surface area contributed by atoms with Crippen LogP contribution in [0.2, 0.25) is 0 Å². The lowest BCUT2D eigenvalue weighted by atomic mass is 9.96. The Morgan fingerprint density at radius 2 is 2.00 bits per heavy atom. The summed E-state index contributed by atoms with van der Waals surface area (Å²) in [5.74, 6) is 2.47. The molecule has 0 aliphatic carbocycles. The normalized spacial score (nSPS) is 23.0. The maximum Gasteiger partial charge on any atom is 0.193 e. The number of guanidine groups is 1. The van der Waals surface area contributed by atoms with E-state index in [9.17, 15) is 0 Å². The molecule has 0 bridgehead atoms. The lowest BCUT2D eigenvalue weighted by molar-refractivity contribution is 0.141. The van der Waals surface area contributed by atoms with Gasteiger partial charge in [-0.2, -0.15) is 0 Å². The highest BCUT2D eigenvalue weighted by Crippen LogP contribution is 2.27. The lowest BCUT2D eigenvalue weighted by Crippen LogP contribution is -2.42. The molecule has 2 atom stereocenters. The first-order valence-electron chi connectivity index (χ1n) is 11.0. The zero-order valence-electron chi connectivity index (χ0n) is 17.9. The van der Waals surface area contributed by atoms with Crippen LogP contribution in [0.5, 0.6) is 0 Å². The van der Waals surface area contributed by atoms with Gasteiger partial charge in [-0.15, -0.1) is 0 Å². The van der Waals surface area contributed by atoms with Crippen molar-refractivity contribution in [3.05, 3.63) is 35.9 Å². The van der Waals surface area contributed by atoms with Crippen LogP contribution < -0.4 is 5.32 Å². The molecular weight excluding hydrogens is 348 g/mol. The topological polar surface area (TPSA) is 40.1 Å². The van der Waals surface area contributed by atoms with Gasteiger partial charge < -0.3 is 15.0 Å². The third kappa shape index (κ3) is 5.95. The maximum absolute atomic E-state index is 5.55. The van der Waals surface area contributed by atoms with Gasteiger partial charge in [0.1, 0.15) is 0 Å². The Bertz CT molecular complexity index is 592. The standard InChI is InChI=1S/C23H38N4O/c1-4-24-23(26(3)17-20-12-15-28-18-20)25-16-22(21-8-6-5-7-9-21)27-13-10-19(2)11-14-27/h5-9,19-20,22H,4,10-18H2,1-3H3,(H,24,25). The van der Waals surface area contributed by atoms with Gasteiger partial charge in [0.2, 0.25) is 0 Å². The summed E-state index contributed by atoms with van der Waals surface area (Å²) in [6, 6.07) is 11.3. The number of benzene rings is 1. The second-order valence-electron chi connectivity index (χ2n) is 8.45. The van der Waals surface area contributed by atoms with Gasteiger partial charge in [0, 0.05) is 32.7 Å². The second kappa shape index (κ2) is 10.8. The molecule has 2 aliphatic rings.